The first-order valence-corrected chi connectivity index (χ1v) is 5.55. The minimum Gasteiger partial charge on any atom is -0.383 e. The molecule has 84 valence electrons. The van der Waals surface area contributed by atoms with Crippen molar-refractivity contribution >= 4 is 21.6 Å². The van der Waals surface area contributed by atoms with Gasteiger partial charge in [0.25, 0.3) is 0 Å². The summed E-state index contributed by atoms with van der Waals surface area (Å²) in [4.78, 5) is 0. The number of hydrogen-bond donors (Lipinski definition) is 1. The Balaban J connectivity index is 2.81. The predicted octanol–water partition coefficient (Wildman–Crippen LogP) is 3.34. The lowest BCUT2D eigenvalue weighted by Gasteiger charge is -2.16. The van der Waals surface area contributed by atoms with Crippen molar-refractivity contribution in [3.8, 4) is 0 Å². The van der Waals surface area contributed by atoms with E-state index in [1.807, 2.05) is 13.8 Å². The van der Waals surface area contributed by atoms with E-state index in [-0.39, 0.29) is 11.9 Å². The van der Waals surface area contributed by atoms with E-state index in [1.165, 1.54) is 6.07 Å². The molecule has 0 aliphatic rings. The van der Waals surface area contributed by atoms with Gasteiger partial charge >= 0.3 is 0 Å². The Bertz CT molecular complexity index is 344. The first kappa shape index (κ1) is 12.5. The third-order valence-electron chi connectivity index (χ3n) is 2.09. The lowest BCUT2D eigenvalue weighted by molar-refractivity contribution is 0.190. The molecule has 0 heterocycles. The van der Waals surface area contributed by atoms with Gasteiger partial charge in [0.15, 0.2) is 0 Å². The van der Waals surface area contributed by atoms with Crippen molar-refractivity contribution in [3.63, 3.8) is 0 Å². The number of benzene rings is 1. The zero-order valence-electron chi connectivity index (χ0n) is 9.10. The molecule has 1 N–H and O–H groups in total. The Morgan fingerprint density at radius 1 is 1.53 bits per heavy atom. The van der Waals surface area contributed by atoms with Crippen LogP contribution in [-0.4, -0.2) is 19.8 Å². The second-order valence-electron chi connectivity index (χ2n) is 3.58. The van der Waals surface area contributed by atoms with Crippen molar-refractivity contribution in [1.29, 1.82) is 0 Å². The van der Waals surface area contributed by atoms with Gasteiger partial charge in [0, 0.05) is 18.8 Å². The molecule has 15 heavy (non-hydrogen) atoms. The molecule has 0 aliphatic carbocycles. The molecule has 1 unspecified atom stereocenters. The van der Waals surface area contributed by atoms with E-state index in [0.29, 0.717) is 11.1 Å². The average molecular weight is 276 g/mol. The fraction of sp³-hybridized carbons (Fsp3) is 0.455. The van der Waals surface area contributed by atoms with Gasteiger partial charge in [-0.3, -0.25) is 0 Å². The van der Waals surface area contributed by atoms with Crippen LogP contribution in [-0.2, 0) is 4.74 Å². The second-order valence-corrected chi connectivity index (χ2v) is 4.44. The molecule has 1 aromatic rings. The zero-order valence-corrected chi connectivity index (χ0v) is 10.7. The minimum atomic E-state index is -0.257. The van der Waals surface area contributed by atoms with Crippen molar-refractivity contribution in [2.75, 3.05) is 19.0 Å². The molecule has 0 fully saturated rings. The standard InChI is InChI=1S/C11H15BrFNO/c1-7-4-9(12)10(13)5-11(7)14-8(2)6-15-3/h4-5,8,14H,6H2,1-3H3. The van der Waals surface area contributed by atoms with Crippen molar-refractivity contribution in [3.05, 3.63) is 28.0 Å². The van der Waals surface area contributed by atoms with Gasteiger partial charge in [-0.05, 0) is 47.5 Å². The highest BCUT2D eigenvalue weighted by Crippen LogP contribution is 2.24. The van der Waals surface area contributed by atoms with Crippen molar-refractivity contribution in [2.24, 2.45) is 0 Å². The summed E-state index contributed by atoms with van der Waals surface area (Å²) < 4.78 is 18.8. The number of methoxy groups -OCH3 is 1. The van der Waals surface area contributed by atoms with E-state index in [1.54, 1.807) is 13.2 Å². The first-order valence-electron chi connectivity index (χ1n) is 4.75. The number of hydrogen-bond acceptors (Lipinski definition) is 2. The fourth-order valence-corrected chi connectivity index (χ4v) is 1.82. The van der Waals surface area contributed by atoms with Crippen LogP contribution in [0.25, 0.3) is 0 Å². The van der Waals surface area contributed by atoms with Crippen LogP contribution >= 0.6 is 15.9 Å². The summed E-state index contributed by atoms with van der Waals surface area (Å²) in [6.07, 6.45) is 0. The summed E-state index contributed by atoms with van der Waals surface area (Å²) in [6.45, 7) is 4.52. The van der Waals surface area contributed by atoms with Crippen molar-refractivity contribution in [1.82, 2.24) is 0 Å². The molecule has 0 spiro atoms. The average Bonchev–Trinajstić information content (AvgIpc) is 2.14. The maximum absolute atomic E-state index is 13.3. The molecular weight excluding hydrogens is 261 g/mol. The topological polar surface area (TPSA) is 21.3 Å². The number of anilines is 1. The summed E-state index contributed by atoms with van der Waals surface area (Å²) in [7, 11) is 1.65. The van der Waals surface area contributed by atoms with Gasteiger partial charge < -0.3 is 10.1 Å². The third kappa shape index (κ3) is 3.47. The van der Waals surface area contributed by atoms with E-state index in [9.17, 15) is 4.39 Å². The Hall–Kier alpha value is -0.610. The smallest absolute Gasteiger partial charge is 0.139 e. The van der Waals surface area contributed by atoms with Crippen LogP contribution in [0.5, 0.6) is 0 Å². The third-order valence-corrected chi connectivity index (χ3v) is 2.69. The van der Waals surface area contributed by atoms with Crippen LogP contribution in [0.1, 0.15) is 12.5 Å². The highest BCUT2D eigenvalue weighted by molar-refractivity contribution is 9.10. The number of aryl methyl sites for hydroxylation is 1. The van der Waals surface area contributed by atoms with Crippen molar-refractivity contribution in [2.45, 2.75) is 19.9 Å². The molecule has 0 aliphatic heterocycles. The van der Waals surface area contributed by atoms with Crippen LogP contribution in [0, 0.1) is 12.7 Å². The molecule has 0 saturated carbocycles. The molecule has 1 rings (SSSR count). The lowest BCUT2D eigenvalue weighted by atomic mass is 10.2. The summed E-state index contributed by atoms with van der Waals surface area (Å²) in [6, 6.07) is 3.41. The maximum atomic E-state index is 13.3. The van der Waals surface area contributed by atoms with Gasteiger partial charge in [-0.15, -0.1) is 0 Å². The van der Waals surface area contributed by atoms with Crippen LogP contribution in [0.15, 0.2) is 16.6 Å². The zero-order chi connectivity index (χ0) is 11.4. The molecule has 1 aromatic carbocycles. The van der Waals surface area contributed by atoms with Crippen LogP contribution < -0.4 is 5.32 Å². The van der Waals surface area contributed by atoms with E-state index in [4.69, 9.17) is 4.74 Å². The van der Waals surface area contributed by atoms with Gasteiger partial charge in [0.2, 0.25) is 0 Å². The number of halogens is 2. The molecule has 0 aromatic heterocycles. The summed E-state index contributed by atoms with van der Waals surface area (Å²) >= 11 is 3.15. The van der Waals surface area contributed by atoms with Crippen LogP contribution in [0.4, 0.5) is 10.1 Å². The molecule has 1 atom stereocenters. The monoisotopic (exact) mass is 275 g/mol. The maximum Gasteiger partial charge on any atom is 0.139 e. The van der Waals surface area contributed by atoms with Gasteiger partial charge in [-0.25, -0.2) is 4.39 Å². The quantitative estimate of drug-likeness (QED) is 0.910. The number of ether oxygens (including phenoxy) is 1. The van der Waals surface area contributed by atoms with Gasteiger partial charge in [0.1, 0.15) is 5.82 Å². The second kappa shape index (κ2) is 5.47. The lowest BCUT2D eigenvalue weighted by Crippen LogP contribution is -2.21. The molecule has 4 heteroatoms. The minimum absolute atomic E-state index is 0.161. The summed E-state index contributed by atoms with van der Waals surface area (Å²) in [5.74, 6) is -0.257. The largest absolute Gasteiger partial charge is 0.383 e. The SMILES string of the molecule is COCC(C)Nc1cc(F)c(Br)cc1C. The number of rotatable bonds is 4. The Labute approximate surface area is 98.0 Å². The molecule has 0 radical (unpaired) electrons. The van der Waals surface area contributed by atoms with Crippen LogP contribution in [0.2, 0.25) is 0 Å². The van der Waals surface area contributed by atoms with E-state index in [2.05, 4.69) is 21.2 Å². The predicted molar refractivity (Wildman–Crippen MR) is 63.8 cm³/mol. The highest BCUT2D eigenvalue weighted by atomic mass is 79.9. The van der Waals surface area contributed by atoms with E-state index in [0.717, 1.165) is 11.3 Å². The Morgan fingerprint density at radius 2 is 2.20 bits per heavy atom. The molecule has 0 saturated heterocycles. The first-order chi connectivity index (χ1) is 7.04. The fourth-order valence-electron chi connectivity index (χ4n) is 1.36. The summed E-state index contributed by atoms with van der Waals surface area (Å²) in [5.41, 5.74) is 1.81. The normalized spacial score (nSPS) is 12.6. The summed E-state index contributed by atoms with van der Waals surface area (Å²) in [5, 5.41) is 3.19. The van der Waals surface area contributed by atoms with Gasteiger partial charge in [-0.1, -0.05) is 0 Å². The molecule has 0 bridgehead atoms. The number of nitrogens with one attached hydrogen (secondary N) is 1. The highest BCUT2D eigenvalue weighted by Gasteiger charge is 2.07. The van der Waals surface area contributed by atoms with Crippen LogP contribution in [0.3, 0.4) is 0 Å². The molecular formula is C11H15BrFNO. The van der Waals surface area contributed by atoms with E-state index >= 15 is 0 Å². The van der Waals surface area contributed by atoms with E-state index < -0.39 is 0 Å². The Kier molecular flexibility index (Phi) is 4.54. The molecule has 0 amide bonds. The van der Waals surface area contributed by atoms with Crippen molar-refractivity contribution < 1.29 is 9.13 Å². The van der Waals surface area contributed by atoms with Gasteiger partial charge in [0.05, 0.1) is 11.1 Å². The Morgan fingerprint density at radius 3 is 2.80 bits per heavy atom. The molecule has 2 nitrogen and oxygen atoms in total. The van der Waals surface area contributed by atoms with Gasteiger partial charge in [-0.2, -0.15) is 0 Å².